The van der Waals surface area contributed by atoms with Crippen molar-refractivity contribution in [1.29, 1.82) is 5.26 Å². The van der Waals surface area contributed by atoms with Gasteiger partial charge in [0.15, 0.2) is 0 Å². The Labute approximate surface area is 147 Å². The molecule has 3 rings (SSSR count). The van der Waals surface area contributed by atoms with Crippen LogP contribution in [0, 0.1) is 18.3 Å². The van der Waals surface area contributed by atoms with Crippen LogP contribution in [0.1, 0.15) is 43.9 Å². The summed E-state index contributed by atoms with van der Waals surface area (Å²) in [5.41, 5.74) is 4.28. The molecule has 0 aliphatic carbocycles. The van der Waals surface area contributed by atoms with Crippen LogP contribution < -0.4 is 0 Å². The maximum atomic E-state index is 12.4. The van der Waals surface area contributed by atoms with Gasteiger partial charge in [-0.3, -0.25) is 0 Å². The van der Waals surface area contributed by atoms with Gasteiger partial charge in [-0.25, -0.2) is 4.79 Å². The van der Waals surface area contributed by atoms with Crippen LogP contribution in [-0.2, 0) is 4.74 Å². The van der Waals surface area contributed by atoms with Crippen LogP contribution in [0.4, 0.5) is 4.79 Å². The van der Waals surface area contributed by atoms with Crippen LogP contribution in [-0.4, -0.2) is 34.7 Å². The first-order valence-corrected chi connectivity index (χ1v) is 8.48. The van der Waals surface area contributed by atoms with Crippen LogP contribution >= 0.6 is 0 Å². The first-order chi connectivity index (χ1) is 11.8. The highest BCUT2D eigenvalue weighted by molar-refractivity contribution is 5.97. The topological polar surface area (TPSA) is 69.1 Å². The van der Waals surface area contributed by atoms with E-state index in [4.69, 9.17) is 4.74 Å². The van der Waals surface area contributed by atoms with Crippen LogP contribution in [0.2, 0.25) is 0 Å². The van der Waals surface area contributed by atoms with Gasteiger partial charge in [0.2, 0.25) is 0 Å². The number of aromatic nitrogens is 1. The van der Waals surface area contributed by atoms with Crippen molar-refractivity contribution in [1.82, 2.24) is 9.88 Å². The zero-order valence-electron chi connectivity index (χ0n) is 15.1. The van der Waals surface area contributed by atoms with Crippen LogP contribution in [0.25, 0.3) is 16.5 Å². The first kappa shape index (κ1) is 17.1. The number of carbonyl (C=O) groups excluding carboxylic acids is 1. The van der Waals surface area contributed by atoms with E-state index < -0.39 is 5.60 Å². The molecule has 5 nitrogen and oxygen atoms in total. The molecule has 0 spiro atoms. The number of ether oxygens (including phenoxy) is 1. The van der Waals surface area contributed by atoms with Gasteiger partial charge in [0.05, 0.1) is 11.1 Å². The van der Waals surface area contributed by atoms with Gasteiger partial charge in [0.1, 0.15) is 11.7 Å². The molecule has 5 heteroatoms. The second-order valence-electron chi connectivity index (χ2n) is 7.41. The van der Waals surface area contributed by atoms with Crippen molar-refractivity contribution in [2.45, 2.75) is 39.7 Å². The predicted octanol–water partition coefficient (Wildman–Crippen LogP) is 4.37. The molecule has 25 heavy (non-hydrogen) atoms. The number of benzene rings is 1. The van der Waals surface area contributed by atoms with Gasteiger partial charge in [-0.15, -0.1) is 0 Å². The Morgan fingerprint density at radius 2 is 2.12 bits per heavy atom. The fourth-order valence-electron chi connectivity index (χ4n) is 3.20. The second-order valence-corrected chi connectivity index (χ2v) is 7.41. The number of nitrogens with zero attached hydrogens (tertiary/aromatic N) is 2. The number of nitrogens with one attached hydrogen (secondary N) is 1. The molecule has 1 N–H and O–H groups in total. The highest BCUT2D eigenvalue weighted by atomic mass is 16.6. The van der Waals surface area contributed by atoms with Gasteiger partial charge >= 0.3 is 6.09 Å². The Morgan fingerprint density at radius 1 is 1.36 bits per heavy atom. The highest BCUT2D eigenvalue weighted by Crippen LogP contribution is 2.31. The summed E-state index contributed by atoms with van der Waals surface area (Å²) in [7, 11) is 0. The normalized spacial score (nSPS) is 15.0. The van der Waals surface area contributed by atoms with Gasteiger partial charge in [-0.1, -0.05) is 18.2 Å². The van der Waals surface area contributed by atoms with E-state index >= 15 is 0 Å². The maximum absolute atomic E-state index is 12.4. The van der Waals surface area contributed by atoms with Crippen molar-refractivity contribution in [3.05, 3.63) is 41.1 Å². The van der Waals surface area contributed by atoms with E-state index in [-0.39, 0.29) is 6.09 Å². The van der Waals surface area contributed by atoms with Crippen molar-refractivity contribution in [2.75, 3.05) is 13.1 Å². The molecule has 0 fully saturated rings. The molecule has 130 valence electrons. The van der Waals surface area contributed by atoms with Crippen molar-refractivity contribution in [3.8, 4) is 6.07 Å². The number of hydrogen-bond acceptors (Lipinski definition) is 3. The Bertz CT molecular complexity index is 894. The Kier molecular flexibility index (Phi) is 4.30. The molecule has 2 aromatic rings. The fourth-order valence-corrected chi connectivity index (χ4v) is 3.20. The van der Waals surface area contributed by atoms with Crippen LogP contribution in [0.15, 0.2) is 24.4 Å². The lowest BCUT2D eigenvalue weighted by atomic mass is 9.96. The minimum Gasteiger partial charge on any atom is -0.444 e. The average Bonchev–Trinajstić information content (AvgIpc) is 2.99. The summed E-state index contributed by atoms with van der Waals surface area (Å²) in [4.78, 5) is 17.4. The van der Waals surface area contributed by atoms with E-state index in [1.165, 1.54) is 0 Å². The lowest BCUT2D eigenvalue weighted by molar-refractivity contribution is 0.0273. The van der Waals surface area contributed by atoms with E-state index in [1.54, 1.807) is 11.1 Å². The molecule has 1 aromatic carbocycles. The molecule has 0 saturated heterocycles. The van der Waals surface area contributed by atoms with Gasteiger partial charge in [-0.05, 0) is 45.3 Å². The summed E-state index contributed by atoms with van der Waals surface area (Å²) in [5, 5.41) is 10.3. The highest BCUT2D eigenvalue weighted by Gasteiger charge is 2.25. The number of carbonyl (C=O) groups is 1. The zero-order chi connectivity index (χ0) is 18.2. The summed E-state index contributed by atoms with van der Waals surface area (Å²) < 4.78 is 5.50. The number of amides is 1. The molecule has 1 aliphatic rings. The summed E-state index contributed by atoms with van der Waals surface area (Å²) in [6.07, 6.45) is 4.41. The number of aryl methyl sites for hydroxylation is 1. The van der Waals surface area contributed by atoms with E-state index in [0.29, 0.717) is 18.7 Å². The van der Waals surface area contributed by atoms with E-state index in [2.05, 4.69) is 23.2 Å². The molecule has 2 heterocycles. The van der Waals surface area contributed by atoms with Crippen molar-refractivity contribution >= 4 is 22.6 Å². The quantitative estimate of drug-likeness (QED) is 0.840. The molecular formula is C20H23N3O2. The maximum Gasteiger partial charge on any atom is 0.410 e. The van der Waals surface area contributed by atoms with Gasteiger partial charge in [-0.2, -0.15) is 5.26 Å². The molecule has 0 bridgehead atoms. The molecule has 1 aromatic heterocycles. The molecule has 1 aliphatic heterocycles. The van der Waals surface area contributed by atoms with E-state index in [0.717, 1.165) is 34.0 Å². The molecule has 0 saturated carbocycles. The zero-order valence-corrected chi connectivity index (χ0v) is 15.1. The third-order valence-electron chi connectivity index (χ3n) is 4.31. The van der Waals surface area contributed by atoms with Gasteiger partial charge < -0.3 is 14.6 Å². The van der Waals surface area contributed by atoms with E-state index in [1.807, 2.05) is 33.8 Å². The molecule has 1 amide bonds. The van der Waals surface area contributed by atoms with Crippen LogP contribution in [0.3, 0.4) is 0 Å². The van der Waals surface area contributed by atoms with Crippen molar-refractivity contribution in [2.24, 2.45) is 0 Å². The first-order valence-electron chi connectivity index (χ1n) is 8.48. The lowest BCUT2D eigenvalue weighted by Crippen LogP contribution is -2.39. The largest absolute Gasteiger partial charge is 0.444 e. The molecule has 0 unspecified atom stereocenters. The van der Waals surface area contributed by atoms with Gasteiger partial charge in [0.25, 0.3) is 0 Å². The minimum absolute atomic E-state index is 0.286. The summed E-state index contributed by atoms with van der Waals surface area (Å²) in [6, 6.07) is 6.32. The summed E-state index contributed by atoms with van der Waals surface area (Å²) in [5.74, 6) is 0. The van der Waals surface area contributed by atoms with Crippen LogP contribution in [0.5, 0.6) is 0 Å². The third kappa shape index (κ3) is 3.39. The number of aromatic amines is 1. The smallest absolute Gasteiger partial charge is 0.410 e. The average molecular weight is 337 g/mol. The Hall–Kier alpha value is -2.74. The number of H-pyrrole nitrogens is 1. The number of hydrogen-bond donors (Lipinski definition) is 1. The number of fused-ring (bicyclic) bond motifs is 1. The second kappa shape index (κ2) is 6.29. The van der Waals surface area contributed by atoms with Gasteiger partial charge in [0, 0.05) is 30.2 Å². The lowest BCUT2D eigenvalue weighted by Gasteiger charge is -2.30. The monoisotopic (exact) mass is 337 g/mol. The van der Waals surface area contributed by atoms with E-state index in [9.17, 15) is 10.1 Å². The standard InChI is InChI=1S/C20H23N3O2/c1-13-7-8-16(18-17(13)15(10-21)11-22-18)14-6-5-9-23(12-14)19(24)25-20(2,3)4/h6-8,11,22H,5,9,12H2,1-4H3. The Morgan fingerprint density at radius 3 is 2.80 bits per heavy atom. The summed E-state index contributed by atoms with van der Waals surface area (Å²) in [6.45, 7) is 8.78. The predicted molar refractivity (Wildman–Crippen MR) is 98.2 cm³/mol. The van der Waals surface area contributed by atoms with Crippen molar-refractivity contribution < 1.29 is 9.53 Å². The third-order valence-corrected chi connectivity index (χ3v) is 4.31. The van der Waals surface area contributed by atoms with Crippen molar-refractivity contribution in [3.63, 3.8) is 0 Å². The summed E-state index contributed by atoms with van der Waals surface area (Å²) >= 11 is 0. The SMILES string of the molecule is Cc1ccc(C2=CCCN(C(=O)OC(C)(C)C)C2)c2[nH]cc(C#N)c12. The molecule has 0 radical (unpaired) electrons. The Balaban J connectivity index is 1.93. The fraction of sp³-hybridized carbons (Fsp3) is 0.400. The molecular weight excluding hydrogens is 314 g/mol. The molecule has 0 atom stereocenters. The minimum atomic E-state index is -0.503. The number of rotatable bonds is 1. The number of nitriles is 1.